The molecule has 2 N–H and O–H groups in total. The highest BCUT2D eigenvalue weighted by Gasteiger charge is 2.17. The van der Waals surface area contributed by atoms with Gasteiger partial charge < -0.3 is 10.2 Å². The molecule has 0 radical (unpaired) electrons. The lowest BCUT2D eigenvalue weighted by Crippen LogP contribution is -2.04. The summed E-state index contributed by atoms with van der Waals surface area (Å²) >= 11 is 0. The Morgan fingerprint density at radius 1 is 0.962 bits per heavy atom. The average molecular weight is 346 g/mol. The average Bonchev–Trinajstić information content (AvgIpc) is 2.65. The molecule has 0 heterocycles. The van der Waals surface area contributed by atoms with E-state index in [1.165, 1.54) is 17.2 Å². The minimum absolute atomic E-state index is 0.0476. The van der Waals surface area contributed by atoms with Crippen LogP contribution in [0.15, 0.2) is 66.7 Å². The predicted molar refractivity (Wildman–Crippen MR) is 103 cm³/mol. The Balaban J connectivity index is 2.01. The monoisotopic (exact) mass is 346 g/mol. The zero-order chi connectivity index (χ0) is 18.7. The number of carbonyl (C=O) groups is 1. The number of carboxylic acids is 1. The number of benzene rings is 3. The summed E-state index contributed by atoms with van der Waals surface area (Å²) in [6.07, 6.45) is 0.487. The van der Waals surface area contributed by atoms with Crippen LogP contribution in [0.4, 0.5) is 0 Å². The van der Waals surface area contributed by atoms with Crippen LogP contribution in [-0.2, 0) is 6.42 Å². The molecular weight excluding hydrogens is 324 g/mol. The molecule has 0 aliphatic carbocycles. The van der Waals surface area contributed by atoms with E-state index in [9.17, 15) is 15.0 Å². The summed E-state index contributed by atoms with van der Waals surface area (Å²) in [5.41, 5.74) is 4.89. The van der Waals surface area contributed by atoms with Crippen LogP contribution in [-0.4, -0.2) is 16.2 Å². The largest absolute Gasteiger partial charge is 0.507 e. The molecule has 0 saturated heterocycles. The van der Waals surface area contributed by atoms with E-state index < -0.39 is 5.97 Å². The number of aromatic carboxylic acids is 1. The standard InChI is InChI=1S/C23H22O3/c1-15-12-19(22(24)21(13-15)23(25)26)14-18-10-6-7-11-20(18)16(2)17-8-4-3-5-9-17/h3-13,16,24H,14H2,1-2H3,(H,25,26). The second-order valence-corrected chi connectivity index (χ2v) is 6.63. The van der Waals surface area contributed by atoms with Crippen LogP contribution in [0.2, 0.25) is 0 Å². The zero-order valence-electron chi connectivity index (χ0n) is 14.9. The van der Waals surface area contributed by atoms with E-state index in [2.05, 4.69) is 25.1 Å². The van der Waals surface area contributed by atoms with Gasteiger partial charge in [-0.1, -0.05) is 67.6 Å². The smallest absolute Gasteiger partial charge is 0.339 e. The highest BCUT2D eigenvalue weighted by Crippen LogP contribution is 2.31. The molecule has 0 fully saturated rings. The zero-order valence-corrected chi connectivity index (χ0v) is 14.9. The summed E-state index contributed by atoms with van der Waals surface area (Å²) in [5, 5.41) is 19.7. The van der Waals surface area contributed by atoms with E-state index in [4.69, 9.17) is 0 Å². The summed E-state index contributed by atoms with van der Waals surface area (Å²) in [6.45, 7) is 4.00. The first-order chi connectivity index (χ1) is 12.5. The molecule has 0 amide bonds. The third kappa shape index (κ3) is 3.62. The number of carboxylic acid groups (broad SMARTS) is 1. The molecule has 3 heteroatoms. The van der Waals surface area contributed by atoms with Crippen molar-refractivity contribution in [3.63, 3.8) is 0 Å². The van der Waals surface area contributed by atoms with Crippen LogP contribution < -0.4 is 0 Å². The second-order valence-electron chi connectivity index (χ2n) is 6.63. The van der Waals surface area contributed by atoms with Gasteiger partial charge in [-0.25, -0.2) is 4.79 Å². The van der Waals surface area contributed by atoms with Crippen LogP contribution in [0.3, 0.4) is 0 Å². The molecule has 132 valence electrons. The number of hydrogen-bond acceptors (Lipinski definition) is 2. The van der Waals surface area contributed by atoms with Crippen LogP contribution in [0.5, 0.6) is 5.75 Å². The maximum absolute atomic E-state index is 11.4. The first-order valence-electron chi connectivity index (χ1n) is 8.66. The molecule has 3 aromatic carbocycles. The minimum Gasteiger partial charge on any atom is -0.507 e. The maximum atomic E-state index is 11.4. The first-order valence-corrected chi connectivity index (χ1v) is 8.66. The lowest BCUT2D eigenvalue weighted by molar-refractivity contribution is 0.0693. The Morgan fingerprint density at radius 2 is 1.62 bits per heavy atom. The molecule has 1 unspecified atom stereocenters. The molecule has 1 atom stereocenters. The number of phenols is 1. The van der Waals surface area contributed by atoms with Gasteiger partial charge in [0.25, 0.3) is 0 Å². The molecule has 0 aliphatic rings. The van der Waals surface area contributed by atoms with Crippen LogP contribution >= 0.6 is 0 Å². The fraction of sp³-hybridized carbons (Fsp3) is 0.174. The van der Waals surface area contributed by atoms with Gasteiger partial charge in [-0.05, 0) is 40.8 Å². The van der Waals surface area contributed by atoms with Crippen LogP contribution in [0, 0.1) is 6.92 Å². The van der Waals surface area contributed by atoms with Gasteiger partial charge in [-0.15, -0.1) is 0 Å². The van der Waals surface area contributed by atoms with E-state index >= 15 is 0 Å². The SMILES string of the molecule is Cc1cc(Cc2ccccc2C(C)c2ccccc2)c(O)c(C(=O)O)c1. The summed E-state index contributed by atoms with van der Waals surface area (Å²) in [5.74, 6) is -1.05. The highest BCUT2D eigenvalue weighted by molar-refractivity contribution is 5.91. The van der Waals surface area contributed by atoms with Crippen molar-refractivity contribution in [2.24, 2.45) is 0 Å². The minimum atomic E-state index is -1.11. The summed E-state index contributed by atoms with van der Waals surface area (Å²) in [4.78, 5) is 11.4. The van der Waals surface area contributed by atoms with E-state index in [0.29, 0.717) is 12.0 Å². The molecule has 0 bridgehead atoms. The lowest BCUT2D eigenvalue weighted by Gasteiger charge is -2.18. The molecule has 26 heavy (non-hydrogen) atoms. The Bertz CT molecular complexity index is 929. The maximum Gasteiger partial charge on any atom is 0.339 e. The van der Waals surface area contributed by atoms with Crippen molar-refractivity contribution < 1.29 is 15.0 Å². The van der Waals surface area contributed by atoms with Gasteiger partial charge in [0, 0.05) is 12.3 Å². The van der Waals surface area contributed by atoms with Crippen LogP contribution in [0.25, 0.3) is 0 Å². The molecule has 0 aliphatic heterocycles. The Labute approximate surface area is 153 Å². The third-order valence-corrected chi connectivity index (χ3v) is 4.77. The molecule has 3 aromatic rings. The van der Waals surface area contributed by atoms with Gasteiger partial charge in [-0.3, -0.25) is 0 Å². The Morgan fingerprint density at radius 3 is 2.31 bits per heavy atom. The fourth-order valence-electron chi connectivity index (χ4n) is 3.40. The number of rotatable bonds is 5. The highest BCUT2D eigenvalue weighted by atomic mass is 16.4. The molecule has 0 aromatic heterocycles. The van der Waals surface area contributed by atoms with Gasteiger partial charge in [-0.2, -0.15) is 0 Å². The van der Waals surface area contributed by atoms with E-state index in [0.717, 1.165) is 11.1 Å². The molecule has 0 spiro atoms. The molecule has 3 nitrogen and oxygen atoms in total. The fourth-order valence-corrected chi connectivity index (χ4v) is 3.40. The van der Waals surface area contributed by atoms with Gasteiger partial charge in [0.15, 0.2) is 0 Å². The first kappa shape index (κ1) is 17.7. The van der Waals surface area contributed by atoms with Crippen molar-refractivity contribution in [3.05, 3.63) is 100 Å². The van der Waals surface area contributed by atoms with Gasteiger partial charge >= 0.3 is 5.97 Å². The van der Waals surface area contributed by atoms with Gasteiger partial charge in [0.2, 0.25) is 0 Å². The number of hydrogen-bond donors (Lipinski definition) is 2. The van der Waals surface area contributed by atoms with E-state index in [1.54, 1.807) is 0 Å². The van der Waals surface area contributed by atoms with Crippen molar-refractivity contribution in [1.29, 1.82) is 0 Å². The predicted octanol–water partition coefficient (Wildman–Crippen LogP) is 5.14. The van der Waals surface area contributed by atoms with Gasteiger partial charge in [0.05, 0.1) is 0 Å². The van der Waals surface area contributed by atoms with E-state index in [-0.39, 0.29) is 17.2 Å². The third-order valence-electron chi connectivity index (χ3n) is 4.77. The molecule has 0 saturated carbocycles. The van der Waals surface area contributed by atoms with Crippen molar-refractivity contribution in [3.8, 4) is 5.75 Å². The van der Waals surface area contributed by atoms with Gasteiger partial charge in [0.1, 0.15) is 11.3 Å². The van der Waals surface area contributed by atoms with Crippen molar-refractivity contribution in [2.75, 3.05) is 0 Å². The number of aromatic hydroxyl groups is 1. The molecular formula is C23H22O3. The summed E-state index contributed by atoms with van der Waals surface area (Å²) in [6, 6.07) is 21.7. The lowest BCUT2D eigenvalue weighted by atomic mass is 9.87. The van der Waals surface area contributed by atoms with Crippen molar-refractivity contribution in [2.45, 2.75) is 26.2 Å². The number of aryl methyl sites for hydroxylation is 1. The summed E-state index contributed by atoms with van der Waals surface area (Å²) in [7, 11) is 0. The van der Waals surface area contributed by atoms with Crippen molar-refractivity contribution >= 4 is 5.97 Å². The van der Waals surface area contributed by atoms with Crippen molar-refractivity contribution in [1.82, 2.24) is 0 Å². The summed E-state index contributed by atoms with van der Waals surface area (Å²) < 4.78 is 0. The normalized spacial score (nSPS) is 11.9. The Hall–Kier alpha value is -3.07. The van der Waals surface area contributed by atoms with E-state index in [1.807, 2.05) is 49.4 Å². The van der Waals surface area contributed by atoms with Crippen LogP contribution in [0.1, 0.15) is 51.0 Å². The molecule has 3 rings (SSSR count). The second kappa shape index (κ2) is 7.44. The quantitative estimate of drug-likeness (QED) is 0.672. The topological polar surface area (TPSA) is 57.5 Å². The Kier molecular flexibility index (Phi) is 5.08.